The van der Waals surface area contributed by atoms with Crippen molar-refractivity contribution in [2.24, 2.45) is 5.14 Å². The Kier molecular flexibility index (Phi) is 4.19. The molecule has 0 saturated heterocycles. The number of hydrogen-bond donors (Lipinski definition) is 2. The minimum atomic E-state index is -3.93. The third-order valence-electron chi connectivity index (χ3n) is 2.02. The summed E-state index contributed by atoms with van der Waals surface area (Å²) in [7, 11) is -3.93. The maximum absolute atomic E-state index is 13.4. The molecule has 94 valence electrons. The summed E-state index contributed by atoms with van der Waals surface area (Å²) in [5.41, 5.74) is -0.0594. The number of nitrogens with two attached hydrogens (primary N) is 1. The van der Waals surface area contributed by atoms with Gasteiger partial charge in [-0.1, -0.05) is 6.92 Å². The largest absolute Gasteiger partial charge is 0.324 e. The number of amides is 1. The Hall–Kier alpha value is -1.47. The summed E-state index contributed by atoms with van der Waals surface area (Å²) in [6.45, 7) is 1.82. The number of hydrogen-bond acceptors (Lipinski definition) is 3. The average molecular weight is 260 g/mol. The molecule has 3 N–H and O–H groups in total. The Labute approximate surface area is 98.9 Å². The zero-order valence-corrected chi connectivity index (χ0v) is 10.1. The highest BCUT2D eigenvalue weighted by molar-refractivity contribution is 7.89. The van der Waals surface area contributed by atoms with Crippen molar-refractivity contribution in [3.05, 3.63) is 24.0 Å². The van der Waals surface area contributed by atoms with Gasteiger partial charge in [0.05, 0.1) is 10.6 Å². The van der Waals surface area contributed by atoms with E-state index in [0.717, 1.165) is 12.1 Å². The number of nitrogens with one attached hydrogen (secondary N) is 1. The number of carbonyl (C=O) groups excluding carboxylic acids is 1. The molecule has 0 atom stereocenters. The summed E-state index contributed by atoms with van der Waals surface area (Å²) in [5.74, 6) is -1.16. The lowest BCUT2D eigenvalue weighted by molar-refractivity contribution is -0.116. The van der Waals surface area contributed by atoms with Gasteiger partial charge in [0, 0.05) is 6.42 Å². The first-order valence-corrected chi connectivity index (χ1v) is 6.51. The molecule has 0 bridgehead atoms. The van der Waals surface area contributed by atoms with Crippen LogP contribution in [-0.2, 0) is 14.8 Å². The van der Waals surface area contributed by atoms with Crippen molar-refractivity contribution in [1.29, 1.82) is 0 Å². The van der Waals surface area contributed by atoms with Gasteiger partial charge in [0.2, 0.25) is 15.9 Å². The van der Waals surface area contributed by atoms with Gasteiger partial charge in [-0.25, -0.2) is 17.9 Å². The van der Waals surface area contributed by atoms with Crippen LogP contribution in [-0.4, -0.2) is 14.3 Å². The van der Waals surface area contributed by atoms with Crippen molar-refractivity contribution in [3.8, 4) is 0 Å². The molecule has 0 aliphatic heterocycles. The number of carbonyl (C=O) groups is 1. The van der Waals surface area contributed by atoms with E-state index in [1.807, 2.05) is 6.92 Å². The molecule has 0 spiro atoms. The average Bonchev–Trinajstić information content (AvgIpc) is 2.20. The predicted octanol–water partition coefficient (Wildman–Crippen LogP) is 1.21. The second-order valence-electron chi connectivity index (χ2n) is 3.48. The molecule has 1 aromatic carbocycles. The highest BCUT2D eigenvalue weighted by Crippen LogP contribution is 2.18. The van der Waals surface area contributed by atoms with Crippen molar-refractivity contribution in [2.45, 2.75) is 24.7 Å². The van der Waals surface area contributed by atoms with E-state index < -0.39 is 15.8 Å². The van der Waals surface area contributed by atoms with E-state index in [2.05, 4.69) is 5.32 Å². The quantitative estimate of drug-likeness (QED) is 0.852. The van der Waals surface area contributed by atoms with Crippen molar-refractivity contribution in [3.63, 3.8) is 0 Å². The van der Waals surface area contributed by atoms with Crippen LogP contribution >= 0.6 is 0 Å². The number of halogens is 1. The van der Waals surface area contributed by atoms with Crippen molar-refractivity contribution in [1.82, 2.24) is 0 Å². The van der Waals surface area contributed by atoms with Crippen LogP contribution in [0.3, 0.4) is 0 Å². The first-order valence-electron chi connectivity index (χ1n) is 4.96. The summed E-state index contributed by atoms with van der Waals surface area (Å²) >= 11 is 0. The summed E-state index contributed by atoms with van der Waals surface area (Å²) in [5, 5.41) is 7.18. The smallest absolute Gasteiger partial charge is 0.238 e. The van der Waals surface area contributed by atoms with E-state index >= 15 is 0 Å². The standard InChI is InChI=1S/C10H13FN2O3S/c1-2-3-10(14)13-9-5-4-7(6-8(9)11)17(12,15)16/h4-6H,2-3H2,1H3,(H,13,14)(H2,12,15,16). The Bertz CT molecular complexity index is 528. The predicted molar refractivity (Wildman–Crippen MR) is 61.3 cm³/mol. The van der Waals surface area contributed by atoms with Crippen LogP contribution in [0.25, 0.3) is 0 Å². The fourth-order valence-electron chi connectivity index (χ4n) is 1.21. The van der Waals surface area contributed by atoms with Gasteiger partial charge in [-0.2, -0.15) is 0 Å². The van der Waals surface area contributed by atoms with E-state index in [1.165, 1.54) is 6.07 Å². The van der Waals surface area contributed by atoms with Crippen molar-refractivity contribution in [2.75, 3.05) is 5.32 Å². The molecule has 0 radical (unpaired) electrons. The highest BCUT2D eigenvalue weighted by Gasteiger charge is 2.12. The Morgan fingerprint density at radius 2 is 2.12 bits per heavy atom. The van der Waals surface area contributed by atoms with Gasteiger partial charge < -0.3 is 5.32 Å². The van der Waals surface area contributed by atoms with Crippen LogP contribution in [0.1, 0.15) is 19.8 Å². The summed E-state index contributed by atoms with van der Waals surface area (Å²) in [6, 6.07) is 3.08. The van der Waals surface area contributed by atoms with Gasteiger partial charge in [-0.05, 0) is 24.6 Å². The first kappa shape index (κ1) is 13.6. The highest BCUT2D eigenvalue weighted by atomic mass is 32.2. The van der Waals surface area contributed by atoms with Gasteiger partial charge in [-0.3, -0.25) is 4.79 Å². The molecule has 1 amide bonds. The fraction of sp³-hybridized carbons (Fsp3) is 0.300. The number of sulfonamides is 1. The van der Waals surface area contributed by atoms with Gasteiger partial charge in [0.15, 0.2) is 0 Å². The lowest BCUT2D eigenvalue weighted by Crippen LogP contribution is -2.14. The van der Waals surface area contributed by atoms with E-state index in [4.69, 9.17) is 5.14 Å². The molecule has 0 unspecified atom stereocenters. The zero-order valence-electron chi connectivity index (χ0n) is 9.23. The van der Waals surface area contributed by atoms with Crippen LogP contribution in [0.2, 0.25) is 0 Å². The van der Waals surface area contributed by atoms with Crippen LogP contribution in [0, 0.1) is 5.82 Å². The summed E-state index contributed by atoms with van der Waals surface area (Å²) in [6.07, 6.45) is 0.916. The third-order valence-corrected chi connectivity index (χ3v) is 2.93. The van der Waals surface area contributed by atoms with E-state index in [1.54, 1.807) is 0 Å². The molecule has 17 heavy (non-hydrogen) atoms. The van der Waals surface area contributed by atoms with Crippen molar-refractivity contribution >= 4 is 21.6 Å². The number of primary sulfonamides is 1. The number of anilines is 1. The molecule has 5 nitrogen and oxygen atoms in total. The number of benzene rings is 1. The van der Waals surface area contributed by atoms with E-state index in [0.29, 0.717) is 6.42 Å². The number of rotatable bonds is 4. The second kappa shape index (κ2) is 5.24. The normalized spacial score (nSPS) is 11.2. The SMILES string of the molecule is CCCC(=O)Nc1ccc(S(N)(=O)=O)cc1F. The maximum atomic E-state index is 13.4. The molecule has 0 aromatic heterocycles. The Balaban J connectivity index is 2.95. The Morgan fingerprint density at radius 1 is 1.47 bits per heavy atom. The molecule has 1 rings (SSSR count). The lowest BCUT2D eigenvalue weighted by atomic mass is 10.2. The van der Waals surface area contributed by atoms with Gasteiger partial charge in [0.25, 0.3) is 0 Å². The first-order chi connectivity index (χ1) is 7.84. The molecule has 0 aliphatic carbocycles. The fourth-order valence-corrected chi connectivity index (χ4v) is 1.74. The molecule has 0 fully saturated rings. The van der Waals surface area contributed by atoms with Crippen LogP contribution < -0.4 is 10.5 Å². The third kappa shape index (κ3) is 3.79. The summed E-state index contributed by atoms with van der Waals surface area (Å²) < 4.78 is 35.3. The topological polar surface area (TPSA) is 89.3 Å². The van der Waals surface area contributed by atoms with Crippen LogP contribution in [0.5, 0.6) is 0 Å². The minimum Gasteiger partial charge on any atom is -0.324 e. The molecular weight excluding hydrogens is 247 g/mol. The lowest BCUT2D eigenvalue weighted by Gasteiger charge is -2.06. The van der Waals surface area contributed by atoms with E-state index in [-0.39, 0.29) is 22.9 Å². The second-order valence-corrected chi connectivity index (χ2v) is 5.05. The van der Waals surface area contributed by atoms with Gasteiger partial charge >= 0.3 is 0 Å². The van der Waals surface area contributed by atoms with Crippen LogP contribution in [0.4, 0.5) is 10.1 Å². The van der Waals surface area contributed by atoms with Gasteiger partial charge in [0.1, 0.15) is 5.82 Å². The molecule has 1 aromatic rings. The molecular formula is C10H13FN2O3S. The van der Waals surface area contributed by atoms with Crippen molar-refractivity contribution < 1.29 is 17.6 Å². The molecule has 0 saturated carbocycles. The molecule has 7 heteroatoms. The van der Waals surface area contributed by atoms with E-state index in [9.17, 15) is 17.6 Å². The monoisotopic (exact) mass is 260 g/mol. The molecule has 0 heterocycles. The molecule has 0 aliphatic rings. The van der Waals surface area contributed by atoms with Crippen LogP contribution in [0.15, 0.2) is 23.1 Å². The van der Waals surface area contributed by atoms with Gasteiger partial charge in [-0.15, -0.1) is 0 Å². The minimum absolute atomic E-state index is 0.0594. The maximum Gasteiger partial charge on any atom is 0.238 e. The zero-order chi connectivity index (χ0) is 13.1. The summed E-state index contributed by atoms with van der Waals surface area (Å²) in [4.78, 5) is 10.9. The Morgan fingerprint density at radius 3 is 2.59 bits per heavy atom.